The van der Waals surface area contributed by atoms with Gasteiger partial charge >= 0.3 is 0 Å². The van der Waals surface area contributed by atoms with Crippen molar-refractivity contribution in [1.29, 1.82) is 0 Å². The smallest absolute Gasteiger partial charge is 0.267 e. The summed E-state index contributed by atoms with van der Waals surface area (Å²) in [5.74, 6) is -0.182. The van der Waals surface area contributed by atoms with Crippen LogP contribution in [0.5, 0.6) is 0 Å². The fourth-order valence-corrected chi connectivity index (χ4v) is 2.53. The quantitative estimate of drug-likeness (QED) is 0.830. The number of nitrogens with one attached hydrogen (secondary N) is 1. The lowest BCUT2D eigenvalue weighted by atomic mass is 10.2. The molecule has 3 N–H and O–H groups in total. The first kappa shape index (κ1) is 12.9. The molecule has 0 unspecified atom stereocenters. The van der Waals surface area contributed by atoms with Gasteiger partial charge in [-0.2, -0.15) is 0 Å². The first-order valence-corrected chi connectivity index (χ1v) is 6.47. The molecule has 0 aliphatic heterocycles. The van der Waals surface area contributed by atoms with Crippen molar-refractivity contribution in [3.05, 3.63) is 38.8 Å². The average molecular weight is 282 g/mol. The van der Waals surface area contributed by atoms with Gasteiger partial charge in [-0.25, -0.2) is 4.98 Å². The largest absolute Gasteiger partial charge is 0.398 e. The highest BCUT2D eigenvalue weighted by molar-refractivity contribution is 7.13. The fourth-order valence-electron chi connectivity index (χ4n) is 1.53. The van der Waals surface area contributed by atoms with Crippen LogP contribution in [-0.4, -0.2) is 10.9 Å². The minimum Gasteiger partial charge on any atom is -0.398 e. The van der Waals surface area contributed by atoms with Crippen LogP contribution in [0.2, 0.25) is 5.02 Å². The zero-order valence-corrected chi connectivity index (χ0v) is 11.5. The summed E-state index contributed by atoms with van der Waals surface area (Å²) in [6.45, 7) is 3.68. The number of nitrogens with zero attached hydrogens (tertiary/aromatic N) is 1. The van der Waals surface area contributed by atoms with E-state index >= 15 is 0 Å². The van der Waals surface area contributed by atoms with Gasteiger partial charge in [0, 0.05) is 5.69 Å². The normalized spacial score (nSPS) is 10.4. The van der Waals surface area contributed by atoms with Crippen LogP contribution in [0.1, 0.15) is 20.4 Å². The van der Waals surface area contributed by atoms with Gasteiger partial charge in [-0.3, -0.25) is 4.79 Å². The maximum absolute atomic E-state index is 12.0. The Bertz CT molecular complexity index is 609. The molecule has 1 aromatic heterocycles. The number of halogens is 1. The van der Waals surface area contributed by atoms with Crippen LogP contribution in [0.15, 0.2) is 18.2 Å². The molecular formula is C12H12ClN3OS. The van der Waals surface area contributed by atoms with Crippen molar-refractivity contribution in [2.45, 2.75) is 13.8 Å². The first-order valence-electron chi connectivity index (χ1n) is 5.28. The van der Waals surface area contributed by atoms with E-state index in [1.54, 1.807) is 18.2 Å². The van der Waals surface area contributed by atoms with Gasteiger partial charge in [0.1, 0.15) is 4.88 Å². The lowest BCUT2D eigenvalue weighted by Gasteiger charge is -2.05. The van der Waals surface area contributed by atoms with E-state index in [9.17, 15) is 4.79 Å². The van der Waals surface area contributed by atoms with E-state index in [0.29, 0.717) is 21.3 Å². The lowest BCUT2D eigenvalue weighted by Crippen LogP contribution is -2.11. The van der Waals surface area contributed by atoms with Gasteiger partial charge in [0.05, 0.1) is 21.4 Å². The van der Waals surface area contributed by atoms with Crippen LogP contribution in [0, 0.1) is 13.8 Å². The van der Waals surface area contributed by atoms with E-state index in [2.05, 4.69) is 10.3 Å². The summed E-state index contributed by atoms with van der Waals surface area (Å²) in [5.41, 5.74) is 7.44. The van der Waals surface area contributed by atoms with Crippen LogP contribution >= 0.6 is 22.9 Å². The minimum absolute atomic E-state index is 0.182. The monoisotopic (exact) mass is 281 g/mol. The third-order valence-electron chi connectivity index (χ3n) is 2.37. The van der Waals surface area contributed by atoms with Crippen molar-refractivity contribution in [2.24, 2.45) is 0 Å². The van der Waals surface area contributed by atoms with Crippen LogP contribution < -0.4 is 11.1 Å². The first-order chi connectivity index (χ1) is 8.47. The van der Waals surface area contributed by atoms with Gasteiger partial charge in [-0.1, -0.05) is 11.6 Å². The van der Waals surface area contributed by atoms with E-state index in [-0.39, 0.29) is 5.91 Å². The van der Waals surface area contributed by atoms with Crippen molar-refractivity contribution in [3.63, 3.8) is 0 Å². The number of carbonyl (C=O) groups excluding carboxylic acids is 1. The molecule has 6 heteroatoms. The standard InChI is InChI=1S/C12H12ClN3OS/c1-6-11(18-7(2)15-6)12(17)16-8-3-4-10(14)9(13)5-8/h3-5H,14H2,1-2H3,(H,16,17). The molecule has 1 heterocycles. The summed E-state index contributed by atoms with van der Waals surface area (Å²) >= 11 is 7.26. The molecule has 0 radical (unpaired) electrons. The number of hydrogen-bond acceptors (Lipinski definition) is 4. The molecule has 0 aliphatic rings. The molecule has 2 aromatic rings. The number of nitrogens with two attached hydrogens (primary N) is 1. The Hall–Kier alpha value is -1.59. The molecule has 0 saturated heterocycles. The Labute approximate surface area is 114 Å². The van der Waals surface area contributed by atoms with Crippen molar-refractivity contribution >= 4 is 40.2 Å². The number of aryl methyl sites for hydroxylation is 2. The molecule has 0 fully saturated rings. The van der Waals surface area contributed by atoms with Gasteiger partial charge in [-0.15, -0.1) is 11.3 Å². The van der Waals surface area contributed by atoms with Gasteiger partial charge in [0.2, 0.25) is 0 Å². The molecule has 2 rings (SSSR count). The Morgan fingerprint density at radius 3 is 2.72 bits per heavy atom. The van der Waals surface area contributed by atoms with E-state index in [4.69, 9.17) is 17.3 Å². The third-order valence-corrected chi connectivity index (χ3v) is 3.77. The van der Waals surface area contributed by atoms with Crippen molar-refractivity contribution in [2.75, 3.05) is 11.1 Å². The molecular weight excluding hydrogens is 270 g/mol. The van der Waals surface area contributed by atoms with E-state index < -0.39 is 0 Å². The SMILES string of the molecule is Cc1nc(C)c(C(=O)Nc2ccc(N)c(Cl)c2)s1. The molecule has 0 saturated carbocycles. The number of thiazole rings is 1. The number of rotatable bonds is 2. The number of nitrogen functional groups attached to an aromatic ring is 1. The molecule has 0 spiro atoms. The number of carbonyl (C=O) groups is 1. The van der Waals surface area contributed by atoms with Crippen LogP contribution in [0.4, 0.5) is 11.4 Å². The van der Waals surface area contributed by atoms with E-state index in [0.717, 1.165) is 10.7 Å². The minimum atomic E-state index is -0.182. The van der Waals surface area contributed by atoms with Crippen molar-refractivity contribution in [1.82, 2.24) is 4.98 Å². The van der Waals surface area contributed by atoms with Crippen molar-refractivity contribution in [3.8, 4) is 0 Å². The van der Waals surface area contributed by atoms with E-state index in [1.165, 1.54) is 11.3 Å². The topological polar surface area (TPSA) is 68.0 Å². The van der Waals surface area contributed by atoms with Gasteiger partial charge in [0.15, 0.2) is 0 Å². The molecule has 18 heavy (non-hydrogen) atoms. The summed E-state index contributed by atoms with van der Waals surface area (Å²) in [4.78, 5) is 16.9. The number of hydrogen-bond donors (Lipinski definition) is 2. The summed E-state index contributed by atoms with van der Waals surface area (Å²) in [7, 11) is 0. The molecule has 1 aromatic carbocycles. The van der Waals surface area contributed by atoms with Gasteiger partial charge in [0.25, 0.3) is 5.91 Å². The second kappa shape index (κ2) is 4.96. The maximum Gasteiger partial charge on any atom is 0.267 e. The second-order valence-corrected chi connectivity index (χ2v) is 5.45. The van der Waals surface area contributed by atoms with E-state index in [1.807, 2.05) is 13.8 Å². The predicted octanol–water partition coefficient (Wildman–Crippen LogP) is 3.25. The molecule has 94 valence electrons. The third kappa shape index (κ3) is 2.63. The van der Waals surface area contributed by atoms with Crippen LogP contribution in [0.3, 0.4) is 0 Å². The summed E-state index contributed by atoms with van der Waals surface area (Å²) in [6.07, 6.45) is 0. The highest BCUT2D eigenvalue weighted by atomic mass is 35.5. The average Bonchev–Trinajstić information content (AvgIpc) is 2.63. The zero-order chi connectivity index (χ0) is 13.3. The highest BCUT2D eigenvalue weighted by Gasteiger charge is 2.14. The summed E-state index contributed by atoms with van der Waals surface area (Å²) in [6, 6.07) is 4.99. The fraction of sp³-hybridized carbons (Fsp3) is 0.167. The highest BCUT2D eigenvalue weighted by Crippen LogP contribution is 2.24. The predicted molar refractivity (Wildman–Crippen MR) is 75.4 cm³/mol. The van der Waals surface area contributed by atoms with Crippen molar-refractivity contribution < 1.29 is 4.79 Å². The molecule has 0 bridgehead atoms. The molecule has 0 atom stereocenters. The molecule has 1 amide bonds. The van der Waals surface area contributed by atoms with Crippen LogP contribution in [0.25, 0.3) is 0 Å². The second-order valence-electron chi connectivity index (χ2n) is 3.84. The van der Waals surface area contributed by atoms with Gasteiger partial charge < -0.3 is 11.1 Å². The maximum atomic E-state index is 12.0. The number of anilines is 2. The summed E-state index contributed by atoms with van der Waals surface area (Å²) < 4.78 is 0. The number of amides is 1. The molecule has 4 nitrogen and oxygen atoms in total. The summed E-state index contributed by atoms with van der Waals surface area (Å²) in [5, 5.41) is 4.06. The Kier molecular flexibility index (Phi) is 3.54. The number of benzene rings is 1. The molecule has 0 aliphatic carbocycles. The Morgan fingerprint density at radius 1 is 1.44 bits per heavy atom. The lowest BCUT2D eigenvalue weighted by molar-refractivity contribution is 0.103. The van der Waals surface area contributed by atoms with Crippen LogP contribution in [-0.2, 0) is 0 Å². The Morgan fingerprint density at radius 2 is 2.17 bits per heavy atom. The number of aromatic nitrogens is 1. The Balaban J connectivity index is 2.21. The van der Waals surface area contributed by atoms with Gasteiger partial charge in [-0.05, 0) is 32.0 Å². The zero-order valence-electron chi connectivity index (χ0n) is 9.95.